The third-order valence-electron chi connectivity index (χ3n) is 2.42. The summed E-state index contributed by atoms with van der Waals surface area (Å²) in [6, 6.07) is 12.3. The summed E-state index contributed by atoms with van der Waals surface area (Å²) in [5.74, 6) is 0. The molecule has 0 saturated heterocycles. The van der Waals surface area contributed by atoms with Crippen molar-refractivity contribution in [1.82, 2.24) is 0 Å². The normalized spacial score (nSPS) is 10.6. The molecule has 0 radical (unpaired) electrons. The van der Waals surface area contributed by atoms with Crippen LogP contribution in [0.3, 0.4) is 0 Å². The van der Waals surface area contributed by atoms with Gasteiger partial charge in [0, 0.05) is 8.95 Å². The van der Waals surface area contributed by atoms with Gasteiger partial charge >= 0.3 is 0 Å². The predicted molar refractivity (Wildman–Crippen MR) is 83.8 cm³/mol. The van der Waals surface area contributed by atoms with E-state index in [1.807, 2.05) is 24.3 Å². The molecule has 2 aromatic carbocycles. The van der Waals surface area contributed by atoms with E-state index in [4.69, 9.17) is 11.6 Å². The second-order valence-corrected chi connectivity index (χ2v) is 6.44. The third kappa shape index (κ3) is 3.14. The molecule has 88 valence electrons. The van der Waals surface area contributed by atoms with Gasteiger partial charge in [0.1, 0.15) is 0 Å². The van der Waals surface area contributed by atoms with Crippen LogP contribution in [0.15, 0.2) is 49.8 Å². The Hall–Kier alpha value is 0.170. The van der Waals surface area contributed by atoms with Crippen LogP contribution in [0.1, 0.15) is 11.1 Å². The van der Waals surface area contributed by atoms with Crippen molar-refractivity contribution in [3.05, 3.63) is 66.0 Å². The van der Waals surface area contributed by atoms with Crippen molar-refractivity contribution in [3.63, 3.8) is 0 Å². The molecule has 0 spiro atoms. The Bertz CT molecular complexity index is 538. The lowest BCUT2D eigenvalue weighted by Gasteiger charge is -2.09. The highest BCUT2D eigenvalue weighted by molar-refractivity contribution is 9.14. The monoisotopic (exact) mass is 436 g/mol. The van der Waals surface area contributed by atoms with Gasteiger partial charge in [0.25, 0.3) is 0 Å². The van der Waals surface area contributed by atoms with Gasteiger partial charge in [0.05, 0.1) is 9.50 Å². The molecule has 2 aromatic rings. The van der Waals surface area contributed by atoms with Gasteiger partial charge in [-0.05, 0) is 71.4 Å². The van der Waals surface area contributed by atoms with Crippen molar-refractivity contribution in [1.29, 1.82) is 0 Å². The summed E-state index contributed by atoms with van der Waals surface area (Å²) in [4.78, 5) is 0. The SMILES string of the molecule is Clc1c(Cc2ccccc2)cc(Br)c(Br)c1Br. The fourth-order valence-electron chi connectivity index (χ4n) is 1.57. The molecule has 0 N–H and O–H groups in total. The van der Waals surface area contributed by atoms with E-state index >= 15 is 0 Å². The van der Waals surface area contributed by atoms with Crippen molar-refractivity contribution in [2.45, 2.75) is 6.42 Å². The van der Waals surface area contributed by atoms with E-state index in [2.05, 4.69) is 59.9 Å². The maximum Gasteiger partial charge on any atom is 0.0595 e. The van der Waals surface area contributed by atoms with Crippen LogP contribution in [-0.4, -0.2) is 0 Å². The second-order valence-electron chi connectivity index (χ2n) is 3.62. The molecule has 2 rings (SSSR count). The minimum atomic E-state index is 0.754. The summed E-state index contributed by atoms with van der Waals surface area (Å²) in [5.41, 5.74) is 2.34. The molecule has 0 bridgehead atoms. The van der Waals surface area contributed by atoms with Crippen LogP contribution in [0.25, 0.3) is 0 Å². The maximum absolute atomic E-state index is 6.32. The Morgan fingerprint density at radius 2 is 1.59 bits per heavy atom. The number of halogens is 4. The van der Waals surface area contributed by atoms with E-state index < -0.39 is 0 Å². The highest BCUT2D eigenvalue weighted by Gasteiger charge is 2.12. The zero-order valence-corrected chi connectivity index (χ0v) is 14.2. The second kappa shape index (κ2) is 5.87. The number of benzene rings is 2. The lowest BCUT2D eigenvalue weighted by Crippen LogP contribution is -1.91. The van der Waals surface area contributed by atoms with Gasteiger partial charge < -0.3 is 0 Å². The van der Waals surface area contributed by atoms with Crippen molar-refractivity contribution in [2.75, 3.05) is 0 Å². The van der Waals surface area contributed by atoms with Gasteiger partial charge in [-0.15, -0.1) is 0 Å². The lowest BCUT2D eigenvalue weighted by molar-refractivity contribution is 1.18. The summed E-state index contributed by atoms with van der Waals surface area (Å²) in [5, 5.41) is 0.754. The number of hydrogen-bond acceptors (Lipinski definition) is 0. The van der Waals surface area contributed by atoms with E-state index in [1.165, 1.54) is 5.56 Å². The molecule has 0 unspecified atom stereocenters. The lowest BCUT2D eigenvalue weighted by atomic mass is 10.1. The third-order valence-corrected chi connectivity index (χ3v) is 6.38. The molecule has 17 heavy (non-hydrogen) atoms. The average Bonchev–Trinajstić information content (AvgIpc) is 2.35. The Kier molecular flexibility index (Phi) is 4.70. The van der Waals surface area contributed by atoms with Gasteiger partial charge in [-0.25, -0.2) is 0 Å². The van der Waals surface area contributed by atoms with Crippen molar-refractivity contribution < 1.29 is 0 Å². The Morgan fingerprint density at radius 3 is 2.24 bits per heavy atom. The smallest absolute Gasteiger partial charge is 0.0595 e. The van der Waals surface area contributed by atoms with Crippen molar-refractivity contribution in [2.24, 2.45) is 0 Å². The molecule has 0 nitrogen and oxygen atoms in total. The summed E-state index contributed by atoms with van der Waals surface area (Å²) < 4.78 is 2.83. The quantitative estimate of drug-likeness (QED) is 0.385. The molecular formula is C13H8Br3Cl. The van der Waals surface area contributed by atoms with E-state index in [0.29, 0.717) is 0 Å². The highest BCUT2D eigenvalue weighted by atomic mass is 79.9. The van der Waals surface area contributed by atoms with Gasteiger partial charge in [-0.2, -0.15) is 0 Å². The molecule has 0 aromatic heterocycles. The van der Waals surface area contributed by atoms with E-state index in [-0.39, 0.29) is 0 Å². The zero-order chi connectivity index (χ0) is 12.4. The molecule has 0 aliphatic carbocycles. The Morgan fingerprint density at radius 1 is 0.941 bits per heavy atom. The number of rotatable bonds is 2. The summed E-state index contributed by atoms with van der Waals surface area (Å²) >= 11 is 16.8. The van der Waals surface area contributed by atoms with Crippen LogP contribution >= 0.6 is 59.4 Å². The van der Waals surface area contributed by atoms with Gasteiger partial charge in [-0.1, -0.05) is 41.9 Å². The van der Waals surface area contributed by atoms with E-state index in [9.17, 15) is 0 Å². The van der Waals surface area contributed by atoms with Crippen LogP contribution in [0.2, 0.25) is 5.02 Å². The zero-order valence-electron chi connectivity index (χ0n) is 8.68. The van der Waals surface area contributed by atoms with Gasteiger partial charge in [0.2, 0.25) is 0 Å². The van der Waals surface area contributed by atoms with Crippen LogP contribution < -0.4 is 0 Å². The first-order chi connectivity index (χ1) is 8.09. The summed E-state index contributed by atoms with van der Waals surface area (Å²) in [7, 11) is 0. The molecule has 0 heterocycles. The summed E-state index contributed by atoms with van der Waals surface area (Å²) in [6.45, 7) is 0. The first-order valence-corrected chi connectivity index (χ1v) is 7.71. The number of hydrogen-bond donors (Lipinski definition) is 0. The van der Waals surface area contributed by atoms with E-state index in [0.717, 1.165) is 30.4 Å². The first-order valence-electron chi connectivity index (χ1n) is 4.95. The van der Waals surface area contributed by atoms with Gasteiger partial charge in [-0.3, -0.25) is 0 Å². The fraction of sp³-hybridized carbons (Fsp3) is 0.0769. The maximum atomic E-state index is 6.32. The van der Waals surface area contributed by atoms with Crippen LogP contribution in [0.5, 0.6) is 0 Å². The molecule has 0 fully saturated rings. The highest BCUT2D eigenvalue weighted by Crippen LogP contribution is 2.39. The van der Waals surface area contributed by atoms with Crippen molar-refractivity contribution in [3.8, 4) is 0 Å². The van der Waals surface area contributed by atoms with Crippen LogP contribution in [0, 0.1) is 0 Å². The molecule has 4 heteroatoms. The molecule has 0 aliphatic heterocycles. The largest absolute Gasteiger partial charge is 0.0827 e. The van der Waals surface area contributed by atoms with E-state index in [1.54, 1.807) is 0 Å². The Labute approximate surface area is 131 Å². The minimum absolute atomic E-state index is 0.754. The molecular weight excluding hydrogens is 431 g/mol. The predicted octanol–water partition coefficient (Wildman–Crippen LogP) is 6.22. The van der Waals surface area contributed by atoms with Crippen LogP contribution in [0.4, 0.5) is 0 Å². The minimum Gasteiger partial charge on any atom is -0.0827 e. The standard InChI is InChI=1S/C13H8Br3Cl/c14-10-7-9(13(17)12(16)11(10)15)6-8-4-2-1-3-5-8/h1-5,7H,6H2. The average molecular weight is 439 g/mol. The molecule has 0 atom stereocenters. The summed E-state index contributed by atoms with van der Waals surface area (Å²) in [6.07, 6.45) is 0.824. The van der Waals surface area contributed by atoms with Gasteiger partial charge in [0.15, 0.2) is 0 Å². The topological polar surface area (TPSA) is 0 Å². The van der Waals surface area contributed by atoms with Crippen LogP contribution in [-0.2, 0) is 6.42 Å². The Balaban J connectivity index is 2.41. The first kappa shape index (κ1) is 13.6. The molecule has 0 amide bonds. The molecule has 0 saturated carbocycles. The fourth-order valence-corrected chi connectivity index (χ4v) is 3.42. The van der Waals surface area contributed by atoms with Crippen molar-refractivity contribution >= 4 is 59.4 Å². The molecule has 0 aliphatic rings.